The molecule has 0 radical (unpaired) electrons. The fourth-order valence-corrected chi connectivity index (χ4v) is 6.88. The van der Waals surface area contributed by atoms with Crippen molar-refractivity contribution in [2.24, 2.45) is 0 Å². The molecule has 2 aromatic carbocycles. The number of carbonyl (C=O) groups is 1. The maximum Gasteiger partial charge on any atom is 0.321 e. The predicted molar refractivity (Wildman–Crippen MR) is 154 cm³/mol. The molecule has 0 bridgehead atoms. The van der Waals surface area contributed by atoms with Crippen molar-refractivity contribution in [2.45, 2.75) is 33.2 Å². The Bertz CT molecular complexity index is 1570. The molecular weight excluding hydrogens is 550 g/mol. The number of ether oxygens (including phenoxy) is 2. The SMILES string of the molecule is CCOC(=O)CN(Cc1cccc(OCCc2nc(-c3cccs3)oc2C)c1)S(=O)(=O)N1CCc2ccccc21. The molecule has 11 heteroatoms. The van der Waals surface area contributed by atoms with E-state index in [1.54, 1.807) is 36.5 Å². The summed E-state index contributed by atoms with van der Waals surface area (Å²) in [7, 11) is -4.01. The summed E-state index contributed by atoms with van der Waals surface area (Å²) >= 11 is 1.57. The van der Waals surface area contributed by atoms with Gasteiger partial charge in [-0.3, -0.25) is 9.10 Å². The van der Waals surface area contributed by atoms with Gasteiger partial charge in [-0.2, -0.15) is 12.7 Å². The van der Waals surface area contributed by atoms with E-state index in [0.717, 1.165) is 26.2 Å². The van der Waals surface area contributed by atoms with Crippen molar-refractivity contribution < 1.29 is 27.1 Å². The van der Waals surface area contributed by atoms with Crippen molar-refractivity contribution in [3.63, 3.8) is 0 Å². The van der Waals surface area contributed by atoms with Crippen LogP contribution < -0.4 is 9.04 Å². The second-order valence-electron chi connectivity index (χ2n) is 9.28. The zero-order chi connectivity index (χ0) is 28.1. The molecule has 0 N–H and O–H groups in total. The van der Waals surface area contributed by atoms with Crippen molar-refractivity contribution in [3.8, 4) is 16.5 Å². The monoisotopic (exact) mass is 581 g/mol. The van der Waals surface area contributed by atoms with Gasteiger partial charge in [0.2, 0.25) is 5.89 Å². The molecule has 2 aromatic heterocycles. The number of benzene rings is 2. The maximum absolute atomic E-state index is 13.8. The van der Waals surface area contributed by atoms with Crippen molar-refractivity contribution >= 4 is 33.2 Å². The van der Waals surface area contributed by atoms with Crippen LogP contribution in [0.1, 0.15) is 29.5 Å². The number of aryl methyl sites for hydroxylation is 1. The van der Waals surface area contributed by atoms with Crippen LogP contribution in [0.4, 0.5) is 5.69 Å². The Hall–Kier alpha value is -3.67. The Balaban J connectivity index is 1.28. The van der Waals surface area contributed by atoms with E-state index in [1.165, 1.54) is 4.31 Å². The van der Waals surface area contributed by atoms with Gasteiger partial charge in [-0.15, -0.1) is 11.3 Å². The summed E-state index contributed by atoms with van der Waals surface area (Å²) < 4.78 is 47.0. The number of esters is 1. The lowest BCUT2D eigenvalue weighted by molar-refractivity contribution is -0.143. The molecule has 4 aromatic rings. The highest BCUT2D eigenvalue weighted by molar-refractivity contribution is 7.90. The fraction of sp³-hybridized carbons (Fsp3) is 0.310. The van der Waals surface area contributed by atoms with E-state index in [0.29, 0.717) is 48.9 Å². The van der Waals surface area contributed by atoms with Crippen molar-refractivity contribution in [3.05, 3.63) is 88.6 Å². The fourth-order valence-electron chi connectivity index (χ4n) is 4.63. The zero-order valence-corrected chi connectivity index (χ0v) is 24.0. The van der Waals surface area contributed by atoms with Gasteiger partial charge in [0.1, 0.15) is 18.1 Å². The second-order valence-corrected chi connectivity index (χ2v) is 12.1. The van der Waals surface area contributed by atoms with E-state index in [4.69, 9.17) is 13.9 Å². The highest BCUT2D eigenvalue weighted by Gasteiger charge is 2.35. The summed E-state index contributed by atoms with van der Waals surface area (Å²) in [4.78, 5) is 18.0. The average molecular weight is 582 g/mol. The van der Waals surface area contributed by atoms with Crippen LogP contribution in [0.15, 0.2) is 70.5 Å². The van der Waals surface area contributed by atoms with E-state index in [2.05, 4.69) is 4.98 Å². The summed E-state index contributed by atoms with van der Waals surface area (Å²) in [6.07, 6.45) is 1.18. The lowest BCUT2D eigenvalue weighted by atomic mass is 10.2. The van der Waals surface area contributed by atoms with E-state index in [9.17, 15) is 13.2 Å². The molecule has 3 heterocycles. The topological polar surface area (TPSA) is 102 Å². The number of carbonyl (C=O) groups excluding carboxylic acids is 1. The first-order chi connectivity index (χ1) is 19.3. The van der Waals surface area contributed by atoms with Crippen molar-refractivity contribution in [1.82, 2.24) is 9.29 Å². The summed E-state index contributed by atoms with van der Waals surface area (Å²) in [5.74, 6) is 1.35. The Morgan fingerprint density at radius 1 is 1.15 bits per heavy atom. The van der Waals surface area contributed by atoms with E-state index < -0.39 is 22.7 Å². The molecule has 0 saturated heterocycles. The average Bonchev–Trinajstić information content (AvgIpc) is 3.69. The van der Waals surface area contributed by atoms with Gasteiger partial charge in [0.25, 0.3) is 0 Å². The minimum atomic E-state index is -4.01. The molecular formula is C29H31N3O6S2. The third-order valence-electron chi connectivity index (χ3n) is 6.55. The third-order valence-corrected chi connectivity index (χ3v) is 9.25. The molecule has 40 heavy (non-hydrogen) atoms. The first kappa shape index (κ1) is 27.9. The van der Waals surface area contributed by atoms with Gasteiger partial charge in [0.15, 0.2) is 0 Å². The van der Waals surface area contributed by atoms with E-state index in [1.807, 2.05) is 54.8 Å². The van der Waals surface area contributed by atoms with Crippen LogP contribution in [-0.4, -0.2) is 50.0 Å². The third kappa shape index (κ3) is 6.22. The molecule has 0 saturated carbocycles. The normalized spacial score (nSPS) is 13.0. The molecule has 9 nitrogen and oxygen atoms in total. The summed E-state index contributed by atoms with van der Waals surface area (Å²) in [5, 5.41) is 1.98. The van der Waals surface area contributed by atoms with Gasteiger partial charge < -0.3 is 13.9 Å². The molecule has 0 spiro atoms. The summed E-state index contributed by atoms with van der Waals surface area (Å²) in [6.45, 7) is 4.04. The lowest BCUT2D eigenvalue weighted by Gasteiger charge is -2.28. The molecule has 0 unspecified atom stereocenters. The number of hydrogen-bond donors (Lipinski definition) is 0. The van der Waals surface area contributed by atoms with E-state index >= 15 is 0 Å². The number of rotatable bonds is 12. The van der Waals surface area contributed by atoms with Gasteiger partial charge in [-0.05, 0) is 61.0 Å². The zero-order valence-electron chi connectivity index (χ0n) is 22.4. The molecule has 1 aliphatic rings. The minimum absolute atomic E-state index is 0.0103. The van der Waals surface area contributed by atoms with Crippen LogP contribution >= 0.6 is 11.3 Å². The molecule has 0 atom stereocenters. The number of hydrogen-bond acceptors (Lipinski definition) is 8. The smallest absolute Gasteiger partial charge is 0.321 e. The Morgan fingerprint density at radius 2 is 2.00 bits per heavy atom. The first-order valence-electron chi connectivity index (χ1n) is 13.1. The van der Waals surface area contributed by atoms with Crippen LogP contribution in [-0.2, 0) is 39.1 Å². The molecule has 1 aliphatic heterocycles. The highest BCUT2D eigenvalue weighted by atomic mass is 32.2. The lowest BCUT2D eigenvalue weighted by Crippen LogP contribution is -2.45. The number of aromatic nitrogens is 1. The number of anilines is 1. The number of fused-ring (bicyclic) bond motifs is 1. The van der Waals surface area contributed by atoms with Crippen molar-refractivity contribution in [1.29, 1.82) is 0 Å². The van der Waals surface area contributed by atoms with Crippen LogP contribution in [0, 0.1) is 6.92 Å². The van der Waals surface area contributed by atoms with Crippen molar-refractivity contribution in [2.75, 3.05) is 30.6 Å². The number of thiophene rings is 1. The van der Waals surface area contributed by atoms with Crippen LogP contribution in [0.3, 0.4) is 0 Å². The molecule has 210 valence electrons. The molecule has 0 aliphatic carbocycles. The van der Waals surface area contributed by atoms with Gasteiger partial charge in [-0.1, -0.05) is 36.4 Å². The van der Waals surface area contributed by atoms with Gasteiger partial charge in [0.05, 0.1) is 29.5 Å². The minimum Gasteiger partial charge on any atom is -0.493 e. The largest absolute Gasteiger partial charge is 0.493 e. The Kier molecular flexibility index (Phi) is 8.53. The predicted octanol–water partition coefficient (Wildman–Crippen LogP) is 5.01. The van der Waals surface area contributed by atoms with Gasteiger partial charge in [-0.25, -0.2) is 4.98 Å². The number of oxazole rings is 1. The Labute approximate surface area is 238 Å². The van der Waals surface area contributed by atoms with E-state index in [-0.39, 0.29) is 13.2 Å². The summed E-state index contributed by atoms with van der Waals surface area (Å²) in [6, 6.07) is 18.6. The quantitative estimate of drug-likeness (QED) is 0.217. The second kappa shape index (κ2) is 12.2. The van der Waals surface area contributed by atoms with Crippen LogP contribution in [0.2, 0.25) is 0 Å². The standard InChI is InChI=1S/C29H31N3O6S2/c1-3-36-28(33)20-31(40(34,35)32-15-13-23-9-4-5-11-26(23)32)19-22-8-6-10-24(18-22)37-16-14-25-21(2)38-29(30-25)27-12-7-17-39-27/h4-12,17-18H,3,13-16,19-20H2,1-2H3. The number of nitrogens with zero attached hydrogens (tertiary/aromatic N) is 3. The Morgan fingerprint density at radius 3 is 2.80 bits per heavy atom. The maximum atomic E-state index is 13.8. The first-order valence-corrected chi connectivity index (χ1v) is 15.4. The molecule has 0 fully saturated rings. The highest BCUT2D eigenvalue weighted by Crippen LogP contribution is 2.32. The van der Waals surface area contributed by atoms with Gasteiger partial charge in [0, 0.05) is 19.5 Å². The molecule has 0 amide bonds. The summed E-state index contributed by atoms with van der Waals surface area (Å²) in [5.41, 5.74) is 3.12. The van der Waals surface area contributed by atoms with Crippen LogP contribution in [0.5, 0.6) is 5.75 Å². The molecule has 5 rings (SSSR count). The van der Waals surface area contributed by atoms with Gasteiger partial charge >= 0.3 is 16.2 Å². The van der Waals surface area contributed by atoms with Crippen LogP contribution in [0.25, 0.3) is 10.8 Å². The number of para-hydroxylation sites is 1.